The molecule has 1 aliphatic rings. The number of carbonyl (C=O) groups excluding carboxylic acids is 1. The largest absolute Gasteiger partial charge is 0.484 e. The lowest BCUT2D eigenvalue weighted by molar-refractivity contribution is -0.384. The highest BCUT2D eigenvalue weighted by atomic mass is 19.4. The SMILES string of the molecule is O=C(O)C1CCCCC1C(=O)Nc1cc(OCC(F)(F)F)cc([N+](=O)[O-])c1. The summed E-state index contributed by atoms with van der Waals surface area (Å²) in [5, 5.41) is 22.6. The number of carbonyl (C=O) groups is 2. The molecule has 2 rings (SSSR count). The van der Waals surface area contributed by atoms with Crippen molar-refractivity contribution in [2.75, 3.05) is 11.9 Å². The molecule has 0 radical (unpaired) electrons. The van der Waals surface area contributed by atoms with Gasteiger partial charge in [-0.25, -0.2) is 0 Å². The Bertz CT molecular complexity index is 737. The summed E-state index contributed by atoms with van der Waals surface area (Å²) in [6.45, 7) is -1.65. The molecule has 0 spiro atoms. The number of halogens is 3. The number of hydrogen-bond acceptors (Lipinski definition) is 5. The Morgan fingerprint density at radius 1 is 1.22 bits per heavy atom. The number of amides is 1. The number of nitro groups is 1. The number of rotatable bonds is 6. The quantitative estimate of drug-likeness (QED) is 0.568. The van der Waals surface area contributed by atoms with Gasteiger partial charge in [0.05, 0.1) is 28.5 Å². The number of carboxylic acid groups (broad SMARTS) is 1. The topological polar surface area (TPSA) is 119 Å². The Morgan fingerprint density at radius 2 is 1.85 bits per heavy atom. The second kappa shape index (κ2) is 8.23. The number of nitrogens with zero attached hydrogens (tertiary/aromatic N) is 1. The predicted molar refractivity (Wildman–Crippen MR) is 86.4 cm³/mol. The second-order valence-electron chi connectivity index (χ2n) is 6.20. The van der Waals surface area contributed by atoms with Crippen molar-refractivity contribution in [1.29, 1.82) is 0 Å². The number of nitro benzene ring substituents is 1. The first kappa shape index (κ1) is 20.5. The highest BCUT2D eigenvalue weighted by Gasteiger charge is 2.36. The summed E-state index contributed by atoms with van der Waals surface area (Å²) >= 11 is 0. The van der Waals surface area contributed by atoms with Crippen LogP contribution in [0.3, 0.4) is 0 Å². The average molecular weight is 390 g/mol. The maximum Gasteiger partial charge on any atom is 0.422 e. The van der Waals surface area contributed by atoms with Gasteiger partial charge in [0.25, 0.3) is 5.69 Å². The van der Waals surface area contributed by atoms with E-state index in [1.54, 1.807) is 0 Å². The van der Waals surface area contributed by atoms with Crippen LogP contribution in [0.5, 0.6) is 5.75 Å². The van der Waals surface area contributed by atoms with E-state index in [1.807, 2.05) is 0 Å². The molecule has 0 bridgehead atoms. The van der Waals surface area contributed by atoms with Gasteiger partial charge in [-0.3, -0.25) is 19.7 Å². The third-order valence-electron chi connectivity index (χ3n) is 4.19. The molecule has 1 aromatic carbocycles. The Labute approximate surface area is 151 Å². The van der Waals surface area contributed by atoms with Crippen LogP contribution in [0, 0.1) is 22.0 Å². The number of carboxylic acids is 1. The normalized spacial score (nSPS) is 20.0. The van der Waals surface area contributed by atoms with Crippen LogP contribution in [-0.4, -0.2) is 34.7 Å². The fourth-order valence-electron chi connectivity index (χ4n) is 2.98. The molecule has 0 saturated heterocycles. The molecule has 0 heterocycles. The van der Waals surface area contributed by atoms with Gasteiger partial charge in [0.15, 0.2) is 6.61 Å². The summed E-state index contributed by atoms with van der Waals surface area (Å²) in [6.07, 6.45) is -2.62. The van der Waals surface area contributed by atoms with Gasteiger partial charge in [0, 0.05) is 12.1 Å². The number of benzene rings is 1. The number of hydrogen-bond donors (Lipinski definition) is 2. The molecule has 1 amide bonds. The van der Waals surface area contributed by atoms with Gasteiger partial charge in [0.2, 0.25) is 5.91 Å². The predicted octanol–water partition coefficient (Wildman–Crippen LogP) is 3.37. The Hall–Kier alpha value is -2.85. The minimum absolute atomic E-state index is 0.138. The summed E-state index contributed by atoms with van der Waals surface area (Å²) < 4.78 is 41.4. The molecule has 0 aliphatic heterocycles. The van der Waals surface area contributed by atoms with Crippen LogP contribution in [0.2, 0.25) is 0 Å². The average Bonchev–Trinajstić information content (AvgIpc) is 2.59. The molecular weight excluding hydrogens is 373 g/mol. The van der Waals surface area contributed by atoms with Crippen molar-refractivity contribution in [2.24, 2.45) is 11.8 Å². The van der Waals surface area contributed by atoms with Crippen LogP contribution in [0.15, 0.2) is 18.2 Å². The van der Waals surface area contributed by atoms with Gasteiger partial charge in [-0.15, -0.1) is 0 Å². The number of alkyl halides is 3. The first-order valence-corrected chi connectivity index (χ1v) is 8.09. The van der Waals surface area contributed by atoms with E-state index in [0.29, 0.717) is 25.7 Å². The van der Waals surface area contributed by atoms with Crippen molar-refractivity contribution in [3.05, 3.63) is 28.3 Å². The number of anilines is 1. The van der Waals surface area contributed by atoms with Gasteiger partial charge in [-0.05, 0) is 12.8 Å². The molecule has 1 fully saturated rings. The maximum absolute atomic E-state index is 12.4. The van der Waals surface area contributed by atoms with E-state index in [0.717, 1.165) is 18.2 Å². The molecule has 148 valence electrons. The number of nitrogens with one attached hydrogen (secondary N) is 1. The Balaban J connectivity index is 2.20. The van der Waals surface area contributed by atoms with Gasteiger partial charge in [0.1, 0.15) is 5.75 Å². The number of ether oxygens (including phenoxy) is 1. The van der Waals surface area contributed by atoms with Crippen LogP contribution in [0.1, 0.15) is 25.7 Å². The van der Waals surface area contributed by atoms with Crippen molar-refractivity contribution >= 4 is 23.3 Å². The standard InChI is InChI=1S/C16H17F3N2O6/c17-16(18,19)8-27-11-6-9(5-10(7-11)21(25)26)20-14(22)12-3-1-2-4-13(12)15(23)24/h5-7,12-13H,1-4,8H2,(H,20,22)(H,23,24). The molecule has 1 aromatic rings. The molecule has 0 aromatic heterocycles. The van der Waals surface area contributed by atoms with Crippen LogP contribution in [0.25, 0.3) is 0 Å². The summed E-state index contributed by atoms with van der Waals surface area (Å²) in [5.41, 5.74) is -0.704. The molecular formula is C16H17F3N2O6. The first-order chi connectivity index (χ1) is 12.6. The van der Waals surface area contributed by atoms with E-state index in [9.17, 15) is 38.0 Å². The minimum Gasteiger partial charge on any atom is -0.484 e. The van der Waals surface area contributed by atoms with E-state index in [4.69, 9.17) is 0 Å². The van der Waals surface area contributed by atoms with E-state index in [1.165, 1.54) is 0 Å². The van der Waals surface area contributed by atoms with Crippen molar-refractivity contribution in [3.63, 3.8) is 0 Å². The second-order valence-corrected chi connectivity index (χ2v) is 6.20. The monoisotopic (exact) mass is 390 g/mol. The van der Waals surface area contributed by atoms with Crippen molar-refractivity contribution < 1.29 is 37.5 Å². The molecule has 27 heavy (non-hydrogen) atoms. The lowest BCUT2D eigenvalue weighted by Gasteiger charge is -2.27. The molecule has 1 saturated carbocycles. The minimum atomic E-state index is -4.63. The van der Waals surface area contributed by atoms with E-state index < -0.39 is 52.9 Å². The van der Waals surface area contributed by atoms with Crippen molar-refractivity contribution in [3.8, 4) is 5.75 Å². The van der Waals surface area contributed by atoms with E-state index in [2.05, 4.69) is 10.1 Å². The van der Waals surface area contributed by atoms with Gasteiger partial charge < -0.3 is 15.2 Å². The van der Waals surface area contributed by atoms with Crippen LogP contribution < -0.4 is 10.1 Å². The summed E-state index contributed by atoms with van der Waals surface area (Å²) in [5.74, 6) is -3.89. The zero-order valence-corrected chi connectivity index (χ0v) is 14.0. The summed E-state index contributed by atoms with van der Waals surface area (Å²) in [4.78, 5) is 33.9. The molecule has 2 atom stereocenters. The highest BCUT2D eigenvalue weighted by Crippen LogP contribution is 2.33. The van der Waals surface area contributed by atoms with Crippen LogP contribution in [0.4, 0.5) is 24.5 Å². The molecule has 11 heteroatoms. The fourth-order valence-corrected chi connectivity index (χ4v) is 2.98. The number of non-ortho nitro benzene ring substituents is 1. The smallest absolute Gasteiger partial charge is 0.422 e. The zero-order valence-electron chi connectivity index (χ0n) is 14.0. The maximum atomic E-state index is 12.4. The molecule has 2 unspecified atom stereocenters. The fraction of sp³-hybridized carbons (Fsp3) is 0.500. The third-order valence-corrected chi connectivity index (χ3v) is 4.19. The van der Waals surface area contributed by atoms with Crippen molar-refractivity contribution in [2.45, 2.75) is 31.9 Å². The van der Waals surface area contributed by atoms with Gasteiger partial charge >= 0.3 is 12.1 Å². The highest BCUT2D eigenvalue weighted by molar-refractivity contribution is 5.95. The Kier molecular flexibility index (Phi) is 6.24. The van der Waals surface area contributed by atoms with Gasteiger partial charge in [-0.2, -0.15) is 13.2 Å². The van der Waals surface area contributed by atoms with Crippen LogP contribution in [-0.2, 0) is 9.59 Å². The Morgan fingerprint density at radius 3 is 2.41 bits per heavy atom. The lowest BCUT2D eigenvalue weighted by atomic mass is 9.78. The van der Waals surface area contributed by atoms with Gasteiger partial charge in [-0.1, -0.05) is 12.8 Å². The molecule has 2 N–H and O–H groups in total. The first-order valence-electron chi connectivity index (χ1n) is 8.09. The van der Waals surface area contributed by atoms with E-state index in [-0.39, 0.29) is 5.69 Å². The molecule has 8 nitrogen and oxygen atoms in total. The number of aliphatic carboxylic acids is 1. The van der Waals surface area contributed by atoms with Crippen LogP contribution >= 0.6 is 0 Å². The lowest BCUT2D eigenvalue weighted by Crippen LogP contribution is -2.36. The zero-order chi connectivity index (χ0) is 20.2. The van der Waals surface area contributed by atoms with E-state index >= 15 is 0 Å². The third kappa shape index (κ3) is 5.83. The summed E-state index contributed by atoms with van der Waals surface area (Å²) in [7, 11) is 0. The molecule has 1 aliphatic carbocycles. The summed E-state index contributed by atoms with van der Waals surface area (Å²) in [6, 6.07) is 2.80. The van der Waals surface area contributed by atoms with Crippen molar-refractivity contribution in [1.82, 2.24) is 0 Å².